The number of halogens is 1. The van der Waals surface area contributed by atoms with Crippen LogP contribution in [0.2, 0.25) is 5.02 Å². The van der Waals surface area contributed by atoms with E-state index in [0.29, 0.717) is 22.5 Å². The van der Waals surface area contributed by atoms with E-state index in [9.17, 15) is 4.79 Å². The van der Waals surface area contributed by atoms with Crippen molar-refractivity contribution in [2.75, 3.05) is 19.6 Å². The molecule has 1 aromatic rings. The molecule has 0 aliphatic carbocycles. The fourth-order valence-electron chi connectivity index (χ4n) is 3.11. The minimum Gasteiger partial charge on any atom is -0.334 e. The van der Waals surface area contributed by atoms with Crippen LogP contribution in [0.15, 0.2) is 24.3 Å². The lowest BCUT2D eigenvalue weighted by molar-refractivity contribution is 0.0575. The molecule has 3 nitrogen and oxygen atoms in total. The number of carbonyl (C=O) groups excluding carboxylic acids is 1. The average molecular weight is 265 g/mol. The highest BCUT2D eigenvalue weighted by Crippen LogP contribution is 2.29. The summed E-state index contributed by atoms with van der Waals surface area (Å²) in [4.78, 5) is 14.6. The molecule has 18 heavy (non-hydrogen) atoms. The lowest BCUT2D eigenvalue weighted by atomic mass is 9.91. The van der Waals surface area contributed by atoms with E-state index in [1.807, 2.05) is 23.1 Å². The first kappa shape index (κ1) is 12.0. The summed E-state index contributed by atoms with van der Waals surface area (Å²) in [5.74, 6) is 0.698. The van der Waals surface area contributed by atoms with Crippen LogP contribution in [-0.4, -0.2) is 36.5 Å². The predicted octanol–water partition coefficient (Wildman–Crippen LogP) is 2.16. The highest BCUT2D eigenvalue weighted by atomic mass is 35.5. The van der Waals surface area contributed by atoms with Crippen molar-refractivity contribution < 1.29 is 4.79 Å². The number of hydrogen-bond acceptors (Lipinski definition) is 2. The summed E-state index contributed by atoms with van der Waals surface area (Å²) >= 11 is 6.12. The zero-order chi connectivity index (χ0) is 12.5. The van der Waals surface area contributed by atoms with Crippen LogP contribution in [0.4, 0.5) is 0 Å². The Balaban J connectivity index is 1.86. The fraction of sp³-hybridized carbons (Fsp3) is 0.500. The largest absolute Gasteiger partial charge is 0.334 e. The molecule has 2 aliphatic rings. The maximum Gasteiger partial charge on any atom is 0.255 e. The molecule has 3 rings (SSSR count). The molecule has 2 saturated heterocycles. The van der Waals surface area contributed by atoms with Crippen LogP contribution in [0.3, 0.4) is 0 Å². The molecule has 0 aromatic heterocycles. The lowest BCUT2D eigenvalue weighted by Gasteiger charge is -2.37. The van der Waals surface area contributed by atoms with E-state index in [0.717, 1.165) is 26.1 Å². The number of rotatable bonds is 1. The van der Waals surface area contributed by atoms with E-state index in [4.69, 9.17) is 11.6 Å². The third-order valence-electron chi connectivity index (χ3n) is 4.04. The Morgan fingerprint density at radius 2 is 2.17 bits per heavy atom. The molecule has 1 aromatic carbocycles. The monoisotopic (exact) mass is 264 g/mol. The van der Waals surface area contributed by atoms with Crippen LogP contribution >= 0.6 is 11.6 Å². The second-order valence-electron chi connectivity index (χ2n) is 5.11. The van der Waals surface area contributed by atoms with Crippen molar-refractivity contribution in [3.63, 3.8) is 0 Å². The normalized spacial score (nSPS) is 27.1. The number of benzene rings is 1. The first-order valence-corrected chi connectivity index (χ1v) is 6.91. The second-order valence-corrected chi connectivity index (χ2v) is 5.51. The molecule has 4 heteroatoms. The molecule has 2 aliphatic heterocycles. The summed E-state index contributed by atoms with van der Waals surface area (Å²) < 4.78 is 0. The summed E-state index contributed by atoms with van der Waals surface area (Å²) in [6, 6.07) is 7.67. The van der Waals surface area contributed by atoms with Gasteiger partial charge < -0.3 is 10.2 Å². The maximum absolute atomic E-state index is 12.6. The molecular formula is C14H17ClN2O. The predicted molar refractivity (Wildman–Crippen MR) is 71.9 cm³/mol. The summed E-state index contributed by atoms with van der Waals surface area (Å²) in [6.07, 6.45) is 2.32. The highest BCUT2D eigenvalue weighted by Gasteiger charge is 2.37. The molecule has 1 N–H and O–H groups in total. The van der Waals surface area contributed by atoms with Gasteiger partial charge >= 0.3 is 0 Å². The van der Waals surface area contributed by atoms with Crippen LogP contribution in [0.1, 0.15) is 23.2 Å². The maximum atomic E-state index is 12.6. The van der Waals surface area contributed by atoms with Gasteiger partial charge in [-0.3, -0.25) is 4.79 Å². The van der Waals surface area contributed by atoms with Gasteiger partial charge in [-0.1, -0.05) is 23.7 Å². The third kappa shape index (κ3) is 2.02. The van der Waals surface area contributed by atoms with Crippen LogP contribution in [0.25, 0.3) is 0 Å². The van der Waals surface area contributed by atoms with Gasteiger partial charge in [-0.25, -0.2) is 0 Å². The minimum atomic E-state index is 0.0824. The standard InChI is InChI=1S/C14H17ClN2O/c15-12-6-2-1-5-11(12)14(18)17-7-3-4-10-8-16-9-13(10)17/h1-2,5-6,10,13,16H,3-4,7-9H2. The van der Waals surface area contributed by atoms with Crippen molar-refractivity contribution in [2.45, 2.75) is 18.9 Å². The molecule has 96 valence electrons. The Labute approximate surface area is 112 Å². The Morgan fingerprint density at radius 3 is 3.00 bits per heavy atom. The van der Waals surface area contributed by atoms with Gasteiger partial charge in [0.05, 0.1) is 10.6 Å². The number of fused-ring (bicyclic) bond motifs is 1. The average Bonchev–Trinajstić information content (AvgIpc) is 2.86. The van der Waals surface area contributed by atoms with E-state index >= 15 is 0 Å². The van der Waals surface area contributed by atoms with Gasteiger partial charge in [0, 0.05) is 25.7 Å². The van der Waals surface area contributed by atoms with Gasteiger partial charge in [-0.2, -0.15) is 0 Å². The molecule has 2 fully saturated rings. The van der Waals surface area contributed by atoms with Gasteiger partial charge in [0.2, 0.25) is 0 Å². The van der Waals surface area contributed by atoms with Gasteiger partial charge in [0.25, 0.3) is 5.91 Å². The van der Waals surface area contributed by atoms with Crippen LogP contribution in [0.5, 0.6) is 0 Å². The van der Waals surface area contributed by atoms with E-state index in [1.165, 1.54) is 6.42 Å². The first-order chi connectivity index (χ1) is 8.77. The molecule has 2 unspecified atom stereocenters. The van der Waals surface area contributed by atoms with E-state index in [1.54, 1.807) is 6.07 Å². The number of hydrogen-bond donors (Lipinski definition) is 1. The SMILES string of the molecule is O=C(c1ccccc1Cl)N1CCCC2CNCC21. The summed E-state index contributed by atoms with van der Waals surface area (Å²) in [7, 11) is 0. The summed E-state index contributed by atoms with van der Waals surface area (Å²) in [5, 5.41) is 3.94. The van der Waals surface area contributed by atoms with Crippen molar-refractivity contribution in [3.05, 3.63) is 34.9 Å². The minimum absolute atomic E-state index is 0.0824. The van der Waals surface area contributed by atoms with Gasteiger partial charge in [-0.05, 0) is 30.9 Å². The van der Waals surface area contributed by atoms with E-state index in [-0.39, 0.29) is 5.91 Å². The zero-order valence-electron chi connectivity index (χ0n) is 10.2. The summed E-state index contributed by atoms with van der Waals surface area (Å²) in [6.45, 7) is 2.81. The van der Waals surface area contributed by atoms with Crippen LogP contribution in [0, 0.1) is 5.92 Å². The molecule has 1 amide bonds. The molecular weight excluding hydrogens is 248 g/mol. The second kappa shape index (κ2) is 4.90. The van der Waals surface area contributed by atoms with Crippen molar-refractivity contribution in [1.82, 2.24) is 10.2 Å². The number of piperidine rings is 1. The Hall–Kier alpha value is -1.06. The molecule has 0 bridgehead atoms. The van der Waals surface area contributed by atoms with Crippen molar-refractivity contribution in [2.24, 2.45) is 5.92 Å². The Morgan fingerprint density at radius 1 is 1.33 bits per heavy atom. The first-order valence-electron chi connectivity index (χ1n) is 6.53. The van der Waals surface area contributed by atoms with Crippen molar-refractivity contribution in [1.29, 1.82) is 0 Å². The quantitative estimate of drug-likeness (QED) is 0.843. The molecule has 2 heterocycles. The highest BCUT2D eigenvalue weighted by molar-refractivity contribution is 6.33. The third-order valence-corrected chi connectivity index (χ3v) is 4.37. The number of nitrogens with zero attached hydrogens (tertiary/aromatic N) is 1. The lowest BCUT2D eigenvalue weighted by Crippen LogP contribution is -2.48. The number of likely N-dealkylation sites (tertiary alicyclic amines) is 1. The number of carbonyl (C=O) groups is 1. The van der Waals surface area contributed by atoms with Crippen LogP contribution < -0.4 is 5.32 Å². The van der Waals surface area contributed by atoms with Gasteiger partial charge in [-0.15, -0.1) is 0 Å². The molecule has 0 radical (unpaired) electrons. The number of nitrogens with one attached hydrogen (secondary N) is 1. The Kier molecular flexibility index (Phi) is 3.27. The topological polar surface area (TPSA) is 32.3 Å². The smallest absolute Gasteiger partial charge is 0.255 e. The van der Waals surface area contributed by atoms with E-state index in [2.05, 4.69) is 5.32 Å². The van der Waals surface area contributed by atoms with E-state index < -0.39 is 0 Å². The van der Waals surface area contributed by atoms with Gasteiger partial charge in [0.15, 0.2) is 0 Å². The van der Waals surface area contributed by atoms with Crippen LogP contribution in [-0.2, 0) is 0 Å². The fourth-order valence-corrected chi connectivity index (χ4v) is 3.33. The van der Waals surface area contributed by atoms with Crippen molar-refractivity contribution >= 4 is 17.5 Å². The van der Waals surface area contributed by atoms with Crippen molar-refractivity contribution in [3.8, 4) is 0 Å². The Bertz CT molecular complexity index is 463. The molecule has 0 saturated carbocycles. The molecule has 0 spiro atoms. The number of amides is 1. The summed E-state index contributed by atoms with van der Waals surface area (Å²) in [5.41, 5.74) is 0.631. The zero-order valence-corrected chi connectivity index (χ0v) is 11.0. The molecule has 2 atom stereocenters. The van der Waals surface area contributed by atoms with Gasteiger partial charge in [0.1, 0.15) is 0 Å².